The van der Waals surface area contributed by atoms with Crippen LogP contribution >= 0.6 is 11.6 Å². The first-order chi connectivity index (χ1) is 12.1. The molecule has 0 unspecified atom stereocenters. The molecule has 1 amide bonds. The monoisotopic (exact) mass is 364 g/mol. The molecule has 1 N–H and O–H groups in total. The van der Waals surface area contributed by atoms with Crippen LogP contribution in [-0.2, 0) is 11.3 Å². The fourth-order valence-corrected chi connectivity index (χ4v) is 3.17. The van der Waals surface area contributed by atoms with Gasteiger partial charge in [0.15, 0.2) is 0 Å². The van der Waals surface area contributed by atoms with Crippen molar-refractivity contribution in [2.45, 2.75) is 32.4 Å². The zero-order valence-electron chi connectivity index (χ0n) is 14.1. The lowest BCUT2D eigenvalue weighted by Gasteiger charge is -2.31. The van der Waals surface area contributed by atoms with Crippen LogP contribution in [0.15, 0.2) is 29.1 Å². The first kappa shape index (κ1) is 17.6. The summed E-state index contributed by atoms with van der Waals surface area (Å²) < 4.78 is 2.13. The highest BCUT2D eigenvalue weighted by Crippen LogP contribution is 2.16. The van der Waals surface area contributed by atoms with Gasteiger partial charge in [0.2, 0.25) is 5.91 Å². The van der Waals surface area contributed by atoms with Crippen LogP contribution in [0.25, 0.3) is 5.69 Å². The number of rotatable bonds is 5. The fraction of sp³-hybridized carbons (Fsp3) is 0.500. The van der Waals surface area contributed by atoms with Crippen molar-refractivity contribution < 1.29 is 4.79 Å². The second kappa shape index (κ2) is 7.79. The summed E-state index contributed by atoms with van der Waals surface area (Å²) in [7, 11) is 0. The van der Waals surface area contributed by atoms with Crippen LogP contribution in [0.4, 0.5) is 0 Å². The van der Waals surface area contributed by atoms with E-state index in [2.05, 4.69) is 27.6 Å². The second-order valence-corrected chi connectivity index (χ2v) is 6.47. The van der Waals surface area contributed by atoms with Crippen LogP contribution in [0.1, 0.15) is 19.8 Å². The average molecular weight is 365 g/mol. The third-order valence-corrected chi connectivity index (χ3v) is 4.73. The van der Waals surface area contributed by atoms with E-state index >= 15 is 0 Å². The number of piperidine rings is 1. The van der Waals surface area contributed by atoms with Crippen molar-refractivity contribution in [3.63, 3.8) is 0 Å². The van der Waals surface area contributed by atoms with Gasteiger partial charge in [-0.3, -0.25) is 4.79 Å². The Morgan fingerprint density at radius 3 is 2.68 bits per heavy atom. The largest absolute Gasteiger partial charge is 0.369 e. The van der Waals surface area contributed by atoms with Gasteiger partial charge < -0.3 is 10.2 Å². The Morgan fingerprint density at radius 1 is 1.28 bits per heavy atom. The lowest BCUT2D eigenvalue weighted by Crippen LogP contribution is -2.46. The van der Waals surface area contributed by atoms with Gasteiger partial charge in [-0.15, -0.1) is 0 Å². The normalized spacial score (nSPS) is 16.1. The number of halogens is 1. The number of tetrazole rings is 1. The van der Waals surface area contributed by atoms with E-state index in [1.807, 2.05) is 0 Å². The molecule has 1 aromatic heterocycles. The molecule has 25 heavy (non-hydrogen) atoms. The molecule has 134 valence electrons. The molecule has 1 saturated heterocycles. The molecule has 1 aliphatic rings. The molecule has 1 fully saturated rings. The molecular weight excluding hydrogens is 344 g/mol. The zero-order chi connectivity index (χ0) is 17.8. The van der Waals surface area contributed by atoms with Gasteiger partial charge in [0.1, 0.15) is 6.54 Å². The Balaban J connectivity index is 1.63. The maximum atomic E-state index is 12.4. The number of amides is 1. The van der Waals surface area contributed by atoms with Gasteiger partial charge in [0, 0.05) is 19.1 Å². The van der Waals surface area contributed by atoms with E-state index in [9.17, 15) is 9.59 Å². The third-order valence-electron chi connectivity index (χ3n) is 4.41. The summed E-state index contributed by atoms with van der Waals surface area (Å²) in [4.78, 5) is 26.9. The number of carbonyl (C=O) groups is 1. The predicted octanol–water partition coefficient (Wildman–Crippen LogP) is 0.683. The van der Waals surface area contributed by atoms with Gasteiger partial charge in [-0.1, -0.05) is 30.7 Å². The van der Waals surface area contributed by atoms with Gasteiger partial charge in [-0.2, -0.15) is 9.36 Å². The maximum Gasteiger partial charge on any atom is 0.369 e. The molecule has 2 heterocycles. The van der Waals surface area contributed by atoms with Crippen LogP contribution in [-0.4, -0.2) is 56.3 Å². The Kier molecular flexibility index (Phi) is 5.50. The second-order valence-electron chi connectivity index (χ2n) is 6.06. The van der Waals surface area contributed by atoms with Gasteiger partial charge in [0.05, 0.1) is 10.7 Å². The lowest BCUT2D eigenvalue weighted by molar-refractivity contribution is -0.122. The van der Waals surface area contributed by atoms with Crippen molar-refractivity contribution in [2.24, 2.45) is 0 Å². The van der Waals surface area contributed by atoms with Crippen LogP contribution in [0.2, 0.25) is 5.02 Å². The number of nitrogens with zero attached hydrogens (tertiary/aromatic N) is 5. The van der Waals surface area contributed by atoms with Crippen LogP contribution < -0.4 is 11.0 Å². The van der Waals surface area contributed by atoms with Crippen molar-refractivity contribution >= 4 is 17.5 Å². The van der Waals surface area contributed by atoms with E-state index < -0.39 is 5.69 Å². The van der Waals surface area contributed by atoms with E-state index in [4.69, 9.17) is 11.6 Å². The topological polar surface area (TPSA) is 85.1 Å². The lowest BCUT2D eigenvalue weighted by atomic mass is 10.1. The number of aromatic nitrogens is 4. The molecule has 9 heteroatoms. The predicted molar refractivity (Wildman–Crippen MR) is 93.9 cm³/mol. The summed E-state index contributed by atoms with van der Waals surface area (Å²) >= 11 is 6.08. The van der Waals surface area contributed by atoms with Crippen LogP contribution in [0, 0.1) is 0 Å². The Morgan fingerprint density at radius 2 is 2.00 bits per heavy atom. The molecule has 0 saturated carbocycles. The molecule has 0 atom stereocenters. The van der Waals surface area contributed by atoms with E-state index in [0.29, 0.717) is 10.7 Å². The van der Waals surface area contributed by atoms with E-state index in [0.717, 1.165) is 41.8 Å². The number of nitrogens with one attached hydrogen (secondary N) is 1. The number of para-hydroxylation sites is 1. The quantitative estimate of drug-likeness (QED) is 0.843. The minimum absolute atomic E-state index is 0.143. The molecular formula is C16H21ClN6O2. The Labute approximate surface area is 150 Å². The minimum Gasteiger partial charge on any atom is -0.352 e. The van der Waals surface area contributed by atoms with E-state index in [1.54, 1.807) is 24.3 Å². The van der Waals surface area contributed by atoms with Crippen molar-refractivity contribution in [3.05, 3.63) is 39.8 Å². The SMILES string of the molecule is CCN1CCC(NC(=O)Cn2nnn(-c3ccccc3Cl)c2=O)CC1. The highest BCUT2D eigenvalue weighted by Gasteiger charge is 2.21. The summed E-state index contributed by atoms with van der Waals surface area (Å²) in [6.45, 7) is 4.96. The summed E-state index contributed by atoms with van der Waals surface area (Å²) in [6.07, 6.45) is 1.83. The average Bonchev–Trinajstić information content (AvgIpc) is 2.96. The molecule has 0 spiro atoms. The molecule has 1 aliphatic heterocycles. The number of likely N-dealkylation sites (tertiary alicyclic amines) is 1. The summed E-state index contributed by atoms with van der Waals surface area (Å²) in [5.74, 6) is -0.233. The number of carbonyl (C=O) groups excluding carboxylic acids is 1. The summed E-state index contributed by atoms with van der Waals surface area (Å²) in [5.41, 5.74) is -0.0585. The minimum atomic E-state index is -0.496. The Hall–Kier alpha value is -2.19. The number of hydrogen-bond acceptors (Lipinski definition) is 5. The molecule has 0 aliphatic carbocycles. The maximum absolute atomic E-state index is 12.4. The van der Waals surface area contributed by atoms with Crippen molar-refractivity contribution in [1.29, 1.82) is 0 Å². The first-order valence-corrected chi connectivity index (χ1v) is 8.75. The molecule has 0 radical (unpaired) electrons. The smallest absolute Gasteiger partial charge is 0.352 e. The molecule has 0 bridgehead atoms. The van der Waals surface area contributed by atoms with E-state index in [1.165, 1.54) is 0 Å². The zero-order valence-corrected chi connectivity index (χ0v) is 14.8. The number of hydrogen-bond donors (Lipinski definition) is 1. The van der Waals surface area contributed by atoms with E-state index in [-0.39, 0.29) is 18.5 Å². The summed E-state index contributed by atoms with van der Waals surface area (Å²) in [6, 6.07) is 6.99. The van der Waals surface area contributed by atoms with Crippen LogP contribution in [0.3, 0.4) is 0 Å². The highest BCUT2D eigenvalue weighted by molar-refractivity contribution is 6.32. The number of benzene rings is 1. The first-order valence-electron chi connectivity index (χ1n) is 8.38. The fourth-order valence-electron chi connectivity index (χ4n) is 2.95. The molecule has 3 rings (SSSR count). The van der Waals surface area contributed by atoms with Gasteiger partial charge >= 0.3 is 5.69 Å². The van der Waals surface area contributed by atoms with Gasteiger partial charge in [-0.05, 0) is 41.9 Å². The van der Waals surface area contributed by atoms with Crippen molar-refractivity contribution in [1.82, 2.24) is 30.0 Å². The molecule has 8 nitrogen and oxygen atoms in total. The standard InChI is InChI=1S/C16H21ClN6O2/c1-2-21-9-7-12(8-10-21)18-15(24)11-22-16(25)23(20-19-22)14-6-4-3-5-13(14)17/h3-6,12H,2,7-11H2,1H3,(H,18,24). The molecule has 1 aromatic carbocycles. The summed E-state index contributed by atoms with van der Waals surface area (Å²) in [5, 5.41) is 11.0. The third kappa shape index (κ3) is 4.08. The van der Waals surface area contributed by atoms with Crippen molar-refractivity contribution in [2.75, 3.05) is 19.6 Å². The van der Waals surface area contributed by atoms with Crippen LogP contribution in [0.5, 0.6) is 0 Å². The van der Waals surface area contributed by atoms with Gasteiger partial charge in [0.25, 0.3) is 0 Å². The van der Waals surface area contributed by atoms with Gasteiger partial charge in [-0.25, -0.2) is 4.79 Å². The molecule has 2 aromatic rings. The van der Waals surface area contributed by atoms with Crippen molar-refractivity contribution in [3.8, 4) is 5.69 Å². The Bertz CT molecular complexity index is 794. The highest BCUT2D eigenvalue weighted by atomic mass is 35.5.